The van der Waals surface area contributed by atoms with Gasteiger partial charge in [0.15, 0.2) is 11.6 Å². The van der Waals surface area contributed by atoms with Crippen LogP contribution < -0.4 is 15.0 Å². The largest absolute Gasteiger partial charge is 0.487 e. The number of carbonyl (C=O) groups is 1. The van der Waals surface area contributed by atoms with Crippen LogP contribution in [-0.2, 0) is 0 Å². The van der Waals surface area contributed by atoms with E-state index in [1.807, 2.05) is 12.1 Å². The summed E-state index contributed by atoms with van der Waals surface area (Å²) in [5, 5.41) is 2.95. The normalized spacial score (nSPS) is 14.2. The smallest absolute Gasteiger partial charge is 0.274 e. The Hall–Kier alpha value is -4.14. The molecule has 172 valence electrons. The van der Waals surface area contributed by atoms with Gasteiger partial charge in [-0.1, -0.05) is 6.07 Å². The van der Waals surface area contributed by atoms with Gasteiger partial charge in [0.25, 0.3) is 5.91 Å². The zero-order valence-electron chi connectivity index (χ0n) is 18.1. The van der Waals surface area contributed by atoms with Crippen molar-refractivity contribution in [2.24, 2.45) is 0 Å². The number of nitrogens with zero attached hydrogens (tertiary/aromatic N) is 4. The van der Waals surface area contributed by atoms with Gasteiger partial charge >= 0.3 is 0 Å². The first kappa shape index (κ1) is 21.7. The van der Waals surface area contributed by atoms with E-state index in [0.717, 1.165) is 11.8 Å². The highest BCUT2D eigenvalue weighted by molar-refractivity contribution is 6.08. The van der Waals surface area contributed by atoms with Gasteiger partial charge in [0.2, 0.25) is 0 Å². The lowest BCUT2D eigenvalue weighted by molar-refractivity contribution is 0.102. The molecule has 5 rings (SSSR count). The summed E-state index contributed by atoms with van der Waals surface area (Å²) in [5.74, 6) is -1.64. The van der Waals surface area contributed by atoms with Gasteiger partial charge in [-0.3, -0.25) is 19.7 Å². The van der Waals surface area contributed by atoms with Gasteiger partial charge in [0.1, 0.15) is 23.1 Å². The summed E-state index contributed by atoms with van der Waals surface area (Å²) in [4.78, 5) is 27.9. The Labute approximate surface area is 194 Å². The minimum atomic E-state index is -0.716. The van der Waals surface area contributed by atoms with E-state index in [9.17, 15) is 13.6 Å². The highest BCUT2D eigenvalue weighted by Crippen LogP contribution is 2.35. The van der Waals surface area contributed by atoms with E-state index in [1.54, 1.807) is 36.8 Å². The van der Waals surface area contributed by atoms with Gasteiger partial charge in [-0.2, -0.15) is 0 Å². The Kier molecular flexibility index (Phi) is 5.99. The predicted molar refractivity (Wildman–Crippen MR) is 124 cm³/mol. The molecule has 0 spiro atoms. The molecule has 0 unspecified atom stereocenters. The summed E-state index contributed by atoms with van der Waals surface area (Å²) in [6.07, 6.45) is 5.81. The standard InChI is InChI=1S/C25H21F2N5O2/c26-16-4-7-22(18(27)15-16)34-17-8-13-32(14-9-17)24-20(6-5-19-23(24)30-12-11-29-19)31-25(33)21-3-1-2-10-28-21/h1-7,10-12,15,17H,8-9,13-14H2,(H,31,33). The van der Waals surface area contributed by atoms with Crippen molar-refractivity contribution in [2.45, 2.75) is 18.9 Å². The zero-order valence-corrected chi connectivity index (χ0v) is 18.1. The number of rotatable bonds is 5. The minimum absolute atomic E-state index is 0.0409. The van der Waals surface area contributed by atoms with Crippen molar-refractivity contribution in [3.63, 3.8) is 0 Å². The number of ether oxygens (including phenoxy) is 1. The van der Waals surface area contributed by atoms with E-state index in [4.69, 9.17) is 4.74 Å². The highest BCUT2D eigenvalue weighted by atomic mass is 19.1. The summed E-state index contributed by atoms with van der Waals surface area (Å²) < 4.78 is 33.0. The summed E-state index contributed by atoms with van der Waals surface area (Å²) in [6.45, 7) is 1.19. The van der Waals surface area contributed by atoms with Crippen LogP contribution in [0.3, 0.4) is 0 Å². The van der Waals surface area contributed by atoms with E-state index in [2.05, 4.69) is 25.2 Å². The van der Waals surface area contributed by atoms with Crippen molar-refractivity contribution in [3.05, 3.63) is 84.4 Å². The van der Waals surface area contributed by atoms with Crippen LogP contribution in [0.15, 0.2) is 67.1 Å². The van der Waals surface area contributed by atoms with Crippen molar-refractivity contribution >= 4 is 28.3 Å². The number of amides is 1. The average molecular weight is 461 g/mol. The molecule has 1 aliphatic heterocycles. The molecule has 1 aliphatic rings. The van der Waals surface area contributed by atoms with Crippen LogP contribution in [0.25, 0.3) is 11.0 Å². The molecule has 2 aromatic heterocycles. The van der Waals surface area contributed by atoms with E-state index in [1.165, 1.54) is 12.1 Å². The molecule has 0 aliphatic carbocycles. The fourth-order valence-corrected chi connectivity index (χ4v) is 4.07. The zero-order chi connectivity index (χ0) is 23.5. The molecule has 0 radical (unpaired) electrons. The summed E-state index contributed by atoms with van der Waals surface area (Å²) in [5.41, 5.74) is 3.06. The van der Waals surface area contributed by atoms with Crippen molar-refractivity contribution in [3.8, 4) is 5.75 Å². The van der Waals surface area contributed by atoms with E-state index >= 15 is 0 Å². The maximum atomic E-state index is 14.0. The maximum absolute atomic E-state index is 14.0. The third-order valence-electron chi connectivity index (χ3n) is 5.71. The lowest BCUT2D eigenvalue weighted by atomic mass is 10.1. The highest BCUT2D eigenvalue weighted by Gasteiger charge is 2.26. The van der Waals surface area contributed by atoms with Crippen LogP contribution >= 0.6 is 0 Å². The molecule has 9 heteroatoms. The van der Waals surface area contributed by atoms with Crippen molar-refractivity contribution in [1.82, 2.24) is 15.0 Å². The molecular formula is C25H21F2N5O2. The maximum Gasteiger partial charge on any atom is 0.274 e. The first-order chi connectivity index (χ1) is 16.6. The molecule has 7 nitrogen and oxygen atoms in total. The topological polar surface area (TPSA) is 80.2 Å². The predicted octanol–water partition coefficient (Wildman–Crippen LogP) is 4.60. The van der Waals surface area contributed by atoms with Crippen LogP contribution in [0.5, 0.6) is 5.75 Å². The van der Waals surface area contributed by atoms with Gasteiger partial charge in [-0.15, -0.1) is 0 Å². The Morgan fingerprint density at radius 3 is 2.56 bits per heavy atom. The van der Waals surface area contributed by atoms with Crippen LogP contribution in [0, 0.1) is 11.6 Å². The van der Waals surface area contributed by atoms with Crippen LogP contribution in [0.1, 0.15) is 23.3 Å². The van der Waals surface area contributed by atoms with E-state index < -0.39 is 11.6 Å². The Balaban J connectivity index is 1.38. The Bertz CT molecular complexity index is 1330. The van der Waals surface area contributed by atoms with Crippen LogP contribution in [-0.4, -0.2) is 40.1 Å². The second kappa shape index (κ2) is 9.38. The number of carbonyl (C=O) groups excluding carboxylic acids is 1. The SMILES string of the molecule is O=C(Nc1ccc2nccnc2c1N1CCC(Oc2ccc(F)cc2F)CC1)c1ccccn1. The first-order valence-electron chi connectivity index (χ1n) is 10.9. The lowest BCUT2D eigenvalue weighted by Gasteiger charge is -2.35. The number of hydrogen-bond donors (Lipinski definition) is 1. The second-order valence-corrected chi connectivity index (χ2v) is 7.93. The van der Waals surface area contributed by atoms with Gasteiger partial charge in [0, 0.05) is 50.6 Å². The van der Waals surface area contributed by atoms with Gasteiger partial charge in [-0.05, 0) is 36.4 Å². The molecule has 1 N–H and O–H groups in total. The fraction of sp³-hybridized carbons (Fsp3) is 0.200. The molecule has 0 atom stereocenters. The number of aromatic nitrogens is 3. The van der Waals surface area contributed by atoms with Gasteiger partial charge in [0.05, 0.1) is 16.9 Å². The molecule has 1 saturated heterocycles. The van der Waals surface area contributed by atoms with Gasteiger partial charge < -0.3 is 15.0 Å². The third kappa shape index (κ3) is 4.50. The van der Waals surface area contributed by atoms with Crippen molar-refractivity contribution < 1.29 is 18.3 Å². The Morgan fingerprint density at radius 2 is 1.79 bits per heavy atom. The first-order valence-corrected chi connectivity index (χ1v) is 10.9. The number of pyridine rings is 1. The molecule has 0 saturated carbocycles. The number of anilines is 2. The monoisotopic (exact) mass is 461 g/mol. The van der Waals surface area contributed by atoms with Crippen molar-refractivity contribution in [1.29, 1.82) is 0 Å². The average Bonchev–Trinajstić information content (AvgIpc) is 2.87. The lowest BCUT2D eigenvalue weighted by Crippen LogP contribution is -2.39. The quantitative estimate of drug-likeness (QED) is 0.468. The number of nitrogens with one attached hydrogen (secondary N) is 1. The van der Waals surface area contributed by atoms with Crippen LogP contribution in [0.4, 0.5) is 20.2 Å². The van der Waals surface area contributed by atoms with E-state index in [-0.39, 0.29) is 17.8 Å². The van der Waals surface area contributed by atoms with E-state index in [0.29, 0.717) is 48.3 Å². The number of piperidine rings is 1. The molecule has 4 aromatic rings. The fourth-order valence-electron chi connectivity index (χ4n) is 4.07. The summed E-state index contributed by atoms with van der Waals surface area (Å²) in [7, 11) is 0. The Morgan fingerprint density at radius 1 is 0.971 bits per heavy atom. The second-order valence-electron chi connectivity index (χ2n) is 7.93. The minimum Gasteiger partial charge on any atom is -0.487 e. The molecule has 34 heavy (non-hydrogen) atoms. The number of fused-ring (bicyclic) bond motifs is 1. The molecule has 1 amide bonds. The number of halogens is 2. The summed E-state index contributed by atoms with van der Waals surface area (Å²) in [6, 6.07) is 12.1. The number of hydrogen-bond acceptors (Lipinski definition) is 6. The van der Waals surface area contributed by atoms with Crippen molar-refractivity contribution in [2.75, 3.05) is 23.3 Å². The molecule has 0 bridgehead atoms. The molecule has 2 aromatic carbocycles. The number of benzene rings is 2. The van der Waals surface area contributed by atoms with Crippen LogP contribution in [0.2, 0.25) is 0 Å². The molecular weight excluding hydrogens is 440 g/mol. The molecule has 3 heterocycles. The molecule has 1 fully saturated rings. The third-order valence-corrected chi connectivity index (χ3v) is 5.71. The van der Waals surface area contributed by atoms with Gasteiger partial charge in [-0.25, -0.2) is 8.78 Å². The summed E-state index contributed by atoms with van der Waals surface area (Å²) >= 11 is 0.